The van der Waals surface area contributed by atoms with E-state index in [1.54, 1.807) is 73.2 Å². The molecule has 0 aliphatic carbocycles. The van der Waals surface area contributed by atoms with Gasteiger partial charge in [-0.3, -0.25) is 19.1 Å². The molecule has 9 heteroatoms. The number of pyridine rings is 2. The van der Waals surface area contributed by atoms with Crippen LogP contribution < -0.4 is 10.9 Å². The average Bonchev–Trinajstić information content (AvgIpc) is 2.85. The molecule has 0 fully saturated rings. The van der Waals surface area contributed by atoms with Gasteiger partial charge in [0.25, 0.3) is 11.5 Å². The SMILES string of the molecule is O=C(Nc1cc(Cl)cc(Cl)c1)c1cccc(-n2c(=O)c(Cc3cccnc3)nc3cccnc32)c1. The second-order valence-corrected chi connectivity index (χ2v) is 8.62. The molecule has 1 amide bonds. The third-order valence-corrected chi connectivity index (χ3v) is 5.70. The zero-order valence-electron chi connectivity index (χ0n) is 18.2. The summed E-state index contributed by atoms with van der Waals surface area (Å²) in [5, 5.41) is 3.60. The Hall–Kier alpha value is -4.07. The number of hydrogen-bond donors (Lipinski definition) is 1. The Kier molecular flexibility index (Phi) is 6.27. The minimum Gasteiger partial charge on any atom is -0.322 e. The summed E-state index contributed by atoms with van der Waals surface area (Å²) in [6.45, 7) is 0. The Morgan fingerprint density at radius 1 is 0.943 bits per heavy atom. The molecular weight excluding hydrogens is 485 g/mol. The van der Waals surface area contributed by atoms with Gasteiger partial charge >= 0.3 is 0 Å². The van der Waals surface area contributed by atoms with Crippen LogP contribution >= 0.6 is 23.2 Å². The molecule has 3 aromatic heterocycles. The number of amides is 1. The highest BCUT2D eigenvalue weighted by Gasteiger charge is 2.16. The number of fused-ring (bicyclic) bond motifs is 1. The third kappa shape index (κ3) is 4.91. The van der Waals surface area contributed by atoms with Gasteiger partial charge in [-0.15, -0.1) is 0 Å². The number of hydrogen-bond acceptors (Lipinski definition) is 5. The Labute approximate surface area is 210 Å². The number of benzene rings is 2. The van der Waals surface area contributed by atoms with E-state index in [4.69, 9.17) is 23.2 Å². The molecule has 0 unspecified atom stereocenters. The van der Waals surface area contributed by atoms with Crippen LogP contribution in [-0.2, 0) is 6.42 Å². The van der Waals surface area contributed by atoms with Crippen molar-refractivity contribution in [3.05, 3.63) is 123 Å². The van der Waals surface area contributed by atoms with Crippen molar-refractivity contribution in [1.82, 2.24) is 19.5 Å². The smallest absolute Gasteiger partial charge is 0.278 e. The predicted octanol–water partition coefficient (Wildman–Crippen LogP) is 5.33. The summed E-state index contributed by atoms with van der Waals surface area (Å²) in [7, 11) is 0. The van der Waals surface area contributed by atoms with Crippen LogP contribution in [0, 0.1) is 0 Å². The van der Waals surface area contributed by atoms with E-state index in [2.05, 4.69) is 20.3 Å². The molecule has 1 N–H and O–H groups in total. The summed E-state index contributed by atoms with van der Waals surface area (Å²) in [4.78, 5) is 39.6. The van der Waals surface area contributed by atoms with Crippen LogP contribution in [0.2, 0.25) is 10.0 Å². The molecule has 0 aliphatic rings. The number of anilines is 1. The van der Waals surface area contributed by atoms with Gasteiger partial charge in [-0.1, -0.05) is 35.3 Å². The largest absolute Gasteiger partial charge is 0.322 e. The first-order valence-corrected chi connectivity index (χ1v) is 11.4. The maximum atomic E-state index is 13.5. The lowest BCUT2D eigenvalue weighted by molar-refractivity contribution is 0.102. The number of carbonyl (C=O) groups is 1. The fourth-order valence-corrected chi connectivity index (χ4v) is 4.26. The van der Waals surface area contributed by atoms with Gasteiger partial charge in [0.05, 0.1) is 5.69 Å². The summed E-state index contributed by atoms with van der Waals surface area (Å²) in [5.74, 6) is -0.375. The normalized spacial score (nSPS) is 10.9. The summed E-state index contributed by atoms with van der Waals surface area (Å²) in [6, 6.07) is 18.8. The molecule has 0 atom stereocenters. The molecule has 0 spiro atoms. The standard InChI is InChI=1S/C26H17Cl2N5O2/c27-18-12-19(28)14-20(13-18)31-25(34)17-5-1-6-21(11-17)33-24-22(7-3-9-30-24)32-23(26(33)35)10-16-4-2-8-29-15-16/h1-9,11-15H,10H2,(H,31,34). The lowest BCUT2D eigenvalue weighted by Gasteiger charge is -2.13. The zero-order valence-corrected chi connectivity index (χ0v) is 19.7. The van der Waals surface area contributed by atoms with Gasteiger partial charge in [0.2, 0.25) is 0 Å². The molecule has 0 saturated carbocycles. The van der Waals surface area contributed by atoms with E-state index in [1.807, 2.05) is 12.1 Å². The lowest BCUT2D eigenvalue weighted by atomic mass is 10.1. The van der Waals surface area contributed by atoms with Crippen LogP contribution in [0.4, 0.5) is 5.69 Å². The molecule has 3 heterocycles. The highest BCUT2D eigenvalue weighted by Crippen LogP contribution is 2.23. The van der Waals surface area contributed by atoms with Crippen molar-refractivity contribution in [3.8, 4) is 5.69 Å². The third-order valence-electron chi connectivity index (χ3n) is 5.26. The first kappa shape index (κ1) is 22.7. The van der Waals surface area contributed by atoms with E-state index in [-0.39, 0.29) is 11.5 Å². The van der Waals surface area contributed by atoms with Crippen molar-refractivity contribution in [2.75, 3.05) is 5.32 Å². The minimum absolute atomic E-state index is 0.313. The summed E-state index contributed by atoms with van der Waals surface area (Å²) in [5.41, 5.74) is 3.15. The molecule has 5 rings (SSSR count). The average molecular weight is 502 g/mol. The van der Waals surface area contributed by atoms with Gasteiger partial charge in [0, 0.05) is 46.3 Å². The van der Waals surface area contributed by atoms with Crippen LogP contribution in [0.1, 0.15) is 21.6 Å². The fraction of sp³-hybridized carbons (Fsp3) is 0.0385. The number of nitrogens with zero attached hydrogens (tertiary/aromatic N) is 4. The molecule has 0 aliphatic heterocycles. The second-order valence-electron chi connectivity index (χ2n) is 7.75. The van der Waals surface area contributed by atoms with Crippen LogP contribution in [-0.4, -0.2) is 25.4 Å². The molecule has 2 aromatic carbocycles. The van der Waals surface area contributed by atoms with E-state index in [0.29, 0.717) is 50.3 Å². The highest BCUT2D eigenvalue weighted by molar-refractivity contribution is 6.35. The van der Waals surface area contributed by atoms with Crippen molar-refractivity contribution in [2.45, 2.75) is 6.42 Å². The van der Waals surface area contributed by atoms with Gasteiger partial charge in [-0.2, -0.15) is 0 Å². The van der Waals surface area contributed by atoms with Crippen molar-refractivity contribution in [3.63, 3.8) is 0 Å². The topological polar surface area (TPSA) is 89.8 Å². The molecular formula is C26H17Cl2N5O2. The van der Waals surface area contributed by atoms with Crippen LogP contribution in [0.15, 0.2) is 90.1 Å². The first-order chi connectivity index (χ1) is 17.0. The molecule has 172 valence electrons. The second kappa shape index (κ2) is 9.66. The van der Waals surface area contributed by atoms with Crippen LogP contribution in [0.25, 0.3) is 16.9 Å². The van der Waals surface area contributed by atoms with E-state index in [1.165, 1.54) is 4.57 Å². The Balaban J connectivity index is 1.57. The maximum Gasteiger partial charge on any atom is 0.278 e. The zero-order chi connectivity index (χ0) is 24.4. The van der Waals surface area contributed by atoms with E-state index < -0.39 is 0 Å². The summed E-state index contributed by atoms with van der Waals surface area (Å²) < 4.78 is 1.47. The van der Waals surface area contributed by atoms with E-state index in [0.717, 1.165) is 5.56 Å². The van der Waals surface area contributed by atoms with Crippen LogP contribution in [0.3, 0.4) is 0 Å². The van der Waals surface area contributed by atoms with Gasteiger partial charge in [0.15, 0.2) is 5.65 Å². The van der Waals surface area contributed by atoms with Crippen molar-refractivity contribution >= 4 is 46.0 Å². The number of aromatic nitrogens is 4. The Bertz CT molecular complexity index is 1600. The molecule has 5 aromatic rings. The van der Waals surface area contributed by atoms with E-state index in [9.17, 15) is 9.59 Å². The van der Waals surface area contributed by atoms with Crippen molar-refractivity contribution in [2.24, 2.45) is 0 Å². The summed E-state index contributed by atoms with van der Waals surface area (Å²) in [6.07, 6.45) is 5.28. The molecule has 35 heavy (non-hydrogen) atoms. The number of rotatable bonds is 5. The number of nitrogens with one attached hydrogen (secondary N) is 1. The van der Waals surface area contributed by atoms with Gasteiger partial charge < -0.3 is 5.32 Å². The van der Waals surface area contributed by atoms with Crippen molar-refractivity contribution in [1.29, 1.82) is 0 Å². The Morgan fingerprint density at radius 2 is 1.74 bits per heavy atom. The number of carbonyl (C=O) groups excluding carboxylic acids is 1. The number of halogens is 2. The van der Waals surface area contributed by atoms with Crippen molar-refractivity contribution < 1.29 is 4.79 Å². The monoisotopic (exact) mass is 501 g/mol. The first-order valence-electron chi connectivity index (χ1n) is 10.6. The Morgan fingerprint density at radius 3 is 2.51 bits per heavy atom. The molecule has 0 radical (unpaired) electrons. The molecule has 0 bridgehead atoms. The van der Waals surface area contributed by atoms with E-state index >= 15 is 0 Å². The maximum absolute atomic E-state index is 13.5. The molecule has 0 saturated heterocycles. The van der Waals surface area contributed by atoms with Gasteiger partial charge in [0.1, 0.15) is 11.2 Å². The predicted molar refractivity (Wildman–Crippen MR) is 137 cm³/mol. The van der Waals surface area contributed by atoms with Gasteiger partial charge in [-0.05, 0) is 60.2 Å². The minimum atomic E-state index is -0.375. The lowest BCUT2D eigenvalue weighted by Crippen LogP contribution is -2.25. The highest BCUT2D eigenvalue weighted by atomic mass is 35.5. The quantitative estimate of drug-likeness (QED) is 0.351. The van der Waals surface area contributed by atoms with Gasteiger partial charge in [-0.25, -0.2) is 9.97 Å². The summed E-state index contributed by atoms with van der Waals surface area (Å²) >= 11 is 12.1. The fourth-order valence-electron chi connectivity index (χ4n) is 3.73. The molecule has 7 nitrogen and oxygen atoms in total. The van der Waals surface area contributed by atoms with Crippen LogP contribution in [0.5, 0.6) is 0 Å².